The number of fused-ring (bicyclic) bond motifs is 1. The molecule has 7 heteroatoms. The van der Waals surface area contributed by atoms with Crippen LogP contribution in [0.4, 0.5) is 14.5 Å². The number of esters is 1. The van der Waals surface area contributed by atoms with Gasteiger partial charge in [0.1, 0.15) is 11.6 Å². The number of rotatable bonds is 8. The highest BCUT2D eigenvalue weighted by Gasteiger charge is 2.30. The van der Waals surface area contributed by atoms with Crippen LogP contribution in [-0.2, 0) is 14.3 Å². The topological polar surface area (TPSA) is 49.9 Å². The standard InChI is InChI=1S/C34H36F2N2O3/c35-28-11-9-27(10-12-28)30-7-4-19-38(32-23-29(36)13-14-31(30)32)33(39)24-37-20-16-26(17-21-37)18-22-41-34(40)15-8-25-5-2-1-3-6-25/h1-3,5-6,8-15,23,26,30H,4,7,16-22,24H2/b15-8+. The van der Waals surface area contributed by atoms with Gasteiger partial charge in [-0.3, -0.25) is 9.69 Å². The number of hydrogen-bond donors (Lipinski definition) is 0. The van der Waals surface area contributed by atoms with Gasteiger partial charge in [-0.2, -0.15) is 0 Å². The monoisotopic (exact) mass is 558 g/mol. The number of likely N-dealkylation sites (tertiary alicyclic amines) is 1. The summed E-state index contributed by atoms with van der Waals surface area (Å²) in [6.07, 6.45) is 7.44. The van der Waals surface area contributed by atoms with Crippen LogP contribution in [0.25, 0.3) is 6.08 Å². The zero-order chi connectivity index (χ0) is 28.6. The first-order valence-electron chi connectivity index (χ1n) is 14.4. The Balaban J connectivity index is 1.12. The van der Waals surface area contributed by atoms with Crippen molar-refractivity contribution in [3.63, 3.8) is 0 Å². The van der Waals surface area contributed by atoms with Gasteiger partial charge in [0.2, 0.25) is 5.91 Å². The molecule has 214 valence electrons. The molecule has 0 spiro atoms. The maximum absolute atomic E-state index is 14.4. The molecule has 5 rings (SSSR count). The molecule has 1 atom stereocenters. The van der Waals surface area contributed by atoms with E-state index in [0.717, 1.165) is 61.9 Å². The second-order valence-corrected chi connectivity index (χ2v) is 10.9. The van der Waals surface area contributed by atoms with E-state index in [4.69, 9.17) is 4.74 Å². The number of amides is 1. The highest BCUT2D eigenvalue weighted by atomic mass is 19.1. The van der Waals surface area contributed by atoms with E-state index in [1.807, 2.05) is 30.3 Å². The lowest BCUT2D eigenvalue weighted by atomic mass is 9.87. The number of piperidine rings is 1. The number of benzene rings is 3. The minimum Gasteiger partial charge on any atom is -0.463 e. The Morgan fingerprint density at radius 1 is 0.878 bits per heavy atom. The highest BCUT2D eigenvalue weighted by molar-refractivity contribution is 5.96. The van der Waals surface area contributed by atoms with Crippen LogP contribution in [0.5, 0.6) is 0 Å². The molecule has 3 aromatic carbocycles. The fourth-order valence-corrected chi connectivity index (χ4v) is 5.89. The average molecular weight is 559 g/mol. The van der Waals surface area contributed by atoms with Gasteiger partial charge in [-0.05, 0) is 98.1 Å². The van der Waals surface area contributed by atoms with Crippen molar-refractivity contribution in [2.24, 2.45) is 5.92 Å². The minimum atomic E-state index is -0.377. The van der Waals surface area contributed by atoms with Gasteiger partial charge in [-0.15, -0.1) is 0 Å². The molecular formula is C34H36F2N2O3. The lowest BCUT2D eigenvalue weighted by molar-refractivity contribution is -0.138. The maximum atomic E-state index is 14.4. The highest BCUT2D eigenvalue weighted by Crippen LogP contribution is 2.39. The molecule has 5 nitrogen and oxygen atoms in total. The molecule has 1 fully saturated rings. The van der Waals surface area contributed by atoms with Gasteiger partial charge in [0, 0.05) is 18.5 Å². The van der Waals surface area contributed by atoms with Crippen molar-refractivity contribution in [2.75, 3.05) is 37.7 Å². The third kappa shape index (κ3) is 7.67. The molecule has 3 aromatic rings. The number of nitrogens with zero attached hydrogens (tertiary/aromatic N) is 2. The number of ether oxygens (including phenoxy) is 1. The largest absolute Gasteiger partial charge is 0.463 e. The summed E-state index contributed by atoms with van der Waals surface area (Å²) in [5.41, 5.74) is 3.43. The van der Waals surface area contributed by atoms with Crippen LogP contribution in [0.15, 0.2) is 78.9 Å². The predicted molar refractivity (Wildman–Crippen MR) is 156 cm³/mol. The molecule has 41 heavy (non-hydrogen) atoms. The normalized spacial score (nSPS) is 18.2. The van der Waals surface area contributed by atoms with Crippen LogP contribution in [0, 0.1) is 17.6 Å². The van der Waals surface area contributed by atoms with E-state index >= 15 is 0 Å². The van der Waals surface area contributed by atoms with Gasteiger partial charge in [0.15, 0.2) is 0 Å². The molecule has 2 heterocycles. The number of carbonyl (C=O) groups excluding carboxylic acids is 2. The lowest BCUT2D eigenvalue weighted by Crippen LogP contribution is -2.44. The van der Waals surface area contributed by atoms with Gasteiger partial charge < -0.3 is 9.64 Å². The summed E-state index contributed by atoms with van der Waals surface area (Å²) in [7, 11) is 0. The molecule has 0 aliphatic carbocycles. The van der Waals surface area contributed by atoms with E-state index < -0.39 is 0 Å². The van der Waals surface area contributed by atoms with Crippen molar-refractivity contribution >= 4 is 23.6 Å². The number of halogens is 2. The number of hydrogen-bond acceptors (Lipinski definition) is 4. The summed E-state index contributed by atoms with van der Waals surface area (Å²) < 4.78 is 33.3. The summed E-state index contributed by atoms with van der Waals surface area (Å²) in [5.74, 6) is -0.626. The van der Waals surface area contributed by atoms with E-state index in [2.05, 4.69) is 4.90 Å². The van der Waals surface area contributed by atoms with Crippen LogP contribution in [0.3, 0.4) is 0 Å². The Morgan fingerprint density at radius 3 is 2.37 bits per heavy atom. The fraction of sp³-hybridized carbons (Fsp3) is 0.353. The second-order valence-electron chi connectivity index (χ2n) is 10.9. The van der Waals surface area contributed by atoms with Gasteiger partial charge in [0.25, 0.3) is 0 Å². The van der Waals surface area contributed by atoms with E-state index in [0.29, 0.717) is 24.8 Å². The molecule has 0 aromatic heterocycles. The quantitative estimate of drug-likeness (QED) is 0.231. The molecule has 1 unspecified atom stereocenters. The Bertz CT molecular complexity index is 1350. The maximum Gasteiger partial charge on any atom is 0.330 e. The second kappa shape index (κ2) is 13.7. The zero-order valence-corrected chi connectivity index (χ0v) is 23.2. The predicted octanol–water partition coefficient (Wildman–Crippen LogP) is 6.58. The summed E-state index contributed by atoms with van der Waals surface area (Å²) >= 11 is 0. The Kier molecular flexibility index (Phi) is 9.57. The first kappa shape index (κ1) is 28.7. The van der Waals surface area contributed by atoms with Crippen molar-refractivity contribution in [2.45, 2.75) is 38.0 Å². The van der Waals surface area contributed by atoms with Crippen LogP contribution < -0.4 is 4.90 Å². The molecule has 0 N–H and O–H groups in total. The molecule has 2 aliphatic rings. The molecule has 1 saturated heterocycles. The van der Waals surface area contributed by atoms with Crippen LogP contribution in [-0.4, -0.2) is 49.6 Å². The number of carbonyl (C=O) groups is 2. The Morgan fingerprint density at radius 2 is 1.61 bits per heavy atom. The van der Waals surface area contributed by atoms with E-state index in [9.17, 15) is 18.4 Å². The minimum absolute atomic E-state index is 0.0253. The van der Waals surface area contributed by atoms with Crippen LogP contribution in [0.1, 0.15) is 54.7 Å². The van der Waals surface area contributed by atoms with Crippen LogP contribution in [0.2, 0.25) is 0 Å². The molecule has 0 radical (unpaired) electrons. The summed E-state index contributed by atoms with van der Waals surface area (Å²) in [6.45, 7) is 2.77. The molecule has 0 bridgehead atoms. The lowest BCUT2D eigenvalue weighted by Gasteiger charge is -2.33. The van der Waals surface area contributed by atoms with Crippen molar-refractivity contribution in [3.8, 4) is 0 Å². The van der Waals surface area contributed by atoms with Crippen molar-refractivity contribution in [1.29, 1.82) is 0 Å². The first-order chi connectivity index (χ1) is 20.0. The molecule has 1 amide bonds. The van der Waals surface area contributed by atoms with Crippen LogP contribution >= 0.6 is 0 Å². The smallest absolute Gasteiger partial charge is 0.330 e. The van der Waals surface area contributed by atoms with Crippen molar-refractivity contribution in [3.05, 3.63) is 107 Å². The van der Waals surface area contributed by atoms with Gasteiger partial charge in [-0.25, -0.2) is 13.6 Å². The van der Waals surface area contributed by atoms with E-state index in [1.165, 1.54) is 30.3 Å². The molecular weight excluding hydrogens is 522 g/mol. The first-order valence-corrected chi connectivity index (χ1v) is 14.4. The molecule has 0 saturated carbocycles. The summed E-state index contributed by atoms with van der Waals surface area (Å²) in [6, 6.07) is 20.7. The summed E-state index contributed by atoms with van der Waals surface area (Å²) in [5, 5.41) is 0. The SMILES string of the molecule is O=C(/C=C/c1ccccc1)OCCC1CCN(CC(=O)N2CCCC(c3ccc(F)cc3)c3ccc(F)cc32)CC1. The average Bonchev–Trinajstić information content (AvgIpc) is 3.17. The van der Waals surface area contributed by atoms with Crippen molar-refractivity contribution < 1.29 is 23.1 Å². The van der Waals surface area contributed by atoms with Gasteiger partial charge in [0.05, 0.1) is 18.8 Å². The Labute approximate surface area is 240 Å². The summed E-state index contributed by atoms with van der Waals surface area (Å²) in [4.78, 5) is 29.4. The van der Waals surface area contributed by atoms with Crippen molar-refractivity contribution in [1.82, 2.24) is 4.90 Å². The van der Waals surface area contributed by atoms with Gasteiger partial charge in [-0.1, -0.05) is 48.5 Å². The third-order valence-electron chi connectivity index (χ3n) is 8.15. The molecule has 2 aliphatic heterocycles. The Hall–Kier alpha value is -3.84. The third-order valence-corrected chi connectivity index (χ3v) is 8.15. The fourth-order valence-electron chi connectivity index (χ4n) is 5.89. The van der Waals surface area contributed by atoms with E-state index in [1.54, 1.807) is 29.2 Å². The zero-order valence-electron chi connectivity index (χ0n) is 23.2. The number of anilines is 1. The van der Waals surface area contributed by atoms with E-state index in [-0.39, 0.29) is 36.0 Å². The van der Waals surface area contributed by atoms with Gasteiger partial charge >= 0.3 is 5.97 Å².